The Morgan fingerprint density at radius 3 is 2.61 bits per heavy atom. The van der Waals surface area contributed by atoms with Gasteiger partial charge in [-0.15, -0.1) is 0 Å². The van der Waals surface area contributed by atoms with Crippen LogP contribution in [0.25, 0.3) is 21.3 Å². The number of rotatable bonds is 6. The summed E-state index contributed by atoms with van der Waals surface area (Å²) in [6, 6.07) is 19.2. The minimum absolute atomic E-state index is 0.0803. The molecule has 2 aromatic heterocycles. The van der Waals surface area contributed by atoms with Gasteiger partial charge in [0.05, 0.1) is 33.7 Å². The first kappa shape index (κ1) is 22.6. The number of halogens is 1. The molecule has 8 nitrogen and oxygen atoms in total. The maximum Gasteiger partial charge on any atom is 0.242 e. The molecule has 11 heteroatoms. The SMILES string of the molecule is O=C1CC(c2ccc(CC(Nc3nc4cc(F)ccc4s3)c3nc4ccccc4[nH]3)cc2)S(=O)(=O)N1. The Morgan fingerprint density at radius 1 is 1.06 bits per heavy atom. The second-order valence-electron chi connectivity index (χ2n) is 8.68. The highest BCUT2D eigenvalue weighted by Gasteiger charge is 2.37. The largest absolute Gasteiger partial charge is 0.351 e. The number of aromatic amines is 1. The number of hydrogen-bond donors (Lipinski definition) is 3. The number of carbonyl (C=O) groups is 1. The molecule has 2 unspecified atom stereocenters. The van der Waals surface area contributed by atoms with Crippen molar-refractivity contribution in [2.24, 2.45) is 0 Å². The van der Waals surface area contributed by atoms with Crippen molar-refractivity contribution in [1.82, 2.24) is 19.7 Å². The summed E-state index contributed by atoms with van der Waals surface area (Å²) >= 11 is 1.43. The molecule has 3 N–H and O–H groups in total. The fraction of sp³-hybridized carbons (Fsp3) is 0.160. The fourth-order valence-corrected chi connectivity index (χ4v) is 6.74. The van der Waals surface area contributed by atoms with Gasteiger partial charge in [-0.2, -0.15) is 0 Å². The van der Waals surface area contributed by atoms with Crippen LogP contribution < -0.4 is 10.0 Å². The third kappa shape index (κ3) is 4.31. The topological polar surface area (TPSA) is 117 Å². The zero-order valence-electron chi connectivity index (χ0n) is 18.7. The lowest BCUT2D eigenvalue weighted by Crippen LogP contribution is -2.21. The maximum atomic E-state index is 13.7. The number of thiazole rings is 1. The Balaban J connectivity index is 1.31. The van der Waals surface area contributed by atoms with Gasteiger partial charge < -0.3 is 10.3 Å². The molecule has 3 aromatic carbocycles. The second kappa shape index (κ2) is 8.68. The van der Waals surface area contributed by atoms with Crippen LogP contribution in [0.3, 0.4) is 0 Å². The molecule has 0 saturated carbocycles. The zero-order valence-corrected chi connectivity index (χ0v) is 20.4. The highest BCUT2D eigenvalue weighted by atomic mass is 32.2. The van der Waals surface area contributed by atoms with E-state index in [-0.39, 0.29) is 18.3 Å². The molecular formula is C25H20FN5O3S2. The number of hydrogen-bond acceptors (Lipinski definition) is 7. The molecule has 0 spiro atoms. The second-order valence-corrected chi connectivity index (χ2v) is 11.6. The van der Waals surface area contributed by atoms with E-state index in [1.54, 1.807) is 18.2 Å². The van der Waals surface area contributed by atoms with Crippen molar-refractivity contribution in [2.45, 2.75) is 24.1 Å². The molecule has 0 radical (unpaired) electrons. The molecule has 1 amide bonds. The summed E-state index contributed by atoms with van der Waals surface area (Å²) in [6.07, 6.45) is 0.446. The van der Waals surface area contributed by atoms with Crippen LogP contribution in [0.2, 0.25) is 0 Å². The molecule has 1 aliphatic heterocycles. The van der Waals surface area contributed by atoms with Gasteiger partial charge in [-0.05, 0) is 41.8 Å². The van der Waals surface area contributed by atoms with Gasteiger partial charge >= 0.3 is 0 Å². The number of sulfonamides is 1. The molecule has 182 valence electrons. The summed E-state index contributed by atoms with van der Waals surface area (Å²) in [5.41, 5.74) is 3.84. The van der Waals surface area contributed by atoms with Crippen LogP contribution in [-0.4, -0.2) is 29.3 Å². The van der Waals surface area contributed by atoms with Crippen molar-refractivity contribution in [1.29, 1.82) is 0 Å². The third-order valence-corrected chi connectivity index (χ3v) is 8.85. The molecule has 6 rings (SSSR count). The van der Waals surface area contributed by atoms with Crippen LogP contribution in [0.4, 0.5) is 9.52 Å². The highest BCUT2D eigenvalue weighted by Crippen LogP contribution is 2.33. The minimum atomic E-state index is -3.70. The van der Waals surface area contributed by atoms with Gasteiger partial charge in [0.2, 0.25) is 15.9 Å². The molecule has 1 saturated heterocycles. The average molecular weight is 522 g/mol. The molecule has 1 fully saturated rings. The highest BCUT2D eigenvalue weighted by molar-refractivity contribution is 7.90. The normalized spacial score (nSPS) is 17.9. The monoisotopic (exact) mass is 521 g/mol. The lowest BCUT2D eigenvalue weighted by molar-refractivity contribution is -0.118. The lowest BCUT2D eigenvalue weighted by Gasteiger charge is -2.17. The predicted molar refractivity (Wildman–Crippen MR) is 137 cm³/mol. The molecule has 2 atom stereocenters. The molecule has 36 heavy (non-hydrogen) atoms. The fourth-order valence-electron chi connectivity index (χ4n) is 4.42. The summed E-state index contributed by atoms with van der Waals surface area (Å²) in [5.74, 6) is -0.109. The van der Waals surface area contributed by atoms with Crippen molar-refractivity contribution < 1.29 is 17.6 Å². The van der Waals surface area contributed by atoms with Gasteiger partial charge in [0.1, 0.15) is 16.9 Å². The van der Waals surface area contributed by atoms with Gasteiger partial charge in [0, 0.05) is 6.07 Å². The first-order valence-corrected chi connectivity index (χ1v) is 13.6. The van der Waals surface area contributed by atoms with Crippen LogP contribution in [0.15, 0.2) is 66.7 Å². The number of benzene rings is 3. The van der Waals surface area contributed by atoms with E-state index in [1.165, 1.54) is 23.5 Å². The smallest absolute Gasteiger partial charge is 0.242 e. The summed E-state index contributed by atoms with van der Waals surface area (Å²) in [5, 5.41) is 3.20. The number of amides is 1. The van der Waals surface area contributed by atoms with E-state index in [9.17, 15) is 17.6 Å². The zero-order chi connectivity index (χ0) is 24.9. The van der Waals surface area contributed by atoms with Gasteiger partial charge in [-0.25, -0.2) is 22.8 Å². The van der Waals surface area contributed by atoms with Crippen molar-refractivity contribution in [2.75, 3.05) is 5.32 Å². The standard InChI is InChI=1S/C25H20FN5O3S2/c26-16-9-10-21-19(12-16)29-25(35-21)30-20(24-27-17-3-1-2-4-18(17)28-24)11-14-5-7-15(8-6-14)22-13-23(32)31-36(22,33)34/h1-10,12,20,22H,11,13H2,(H,27,28)(H,29,30)(H,31,32). The Morgan fingerprint density at radius 2 is 1.86 bits per heavy atom. The first-order chi connectivity index (χ1) is 17.3. The summed E-state index contributed by atoms with van der Waals surface area (Å²) in [6.45, 7) is 0. The van der Waals surface area contributed by atoms with Crippen molar-refractivity contribution in [3.63, 3.8) is 0 Å². The number of nitrogens with zero attached hydrogens (tertiary/aromatic N) is 2. The Kier molecular flexibility index (Phi) is 5.45. The van der Waals surface area contributed by atoms with Crippen molar-refractivity contribution in [3.05, 3.63) is 89.5 Å². The third-order valence-electron chi connectivity index (χ3n) is 6.18. The number of para-hydroxylation sites is 2. The van der Waals surface area contributed by atoms with Gasteiger partial charge in [0.25, 0.3) is 0 Å². The van der Waals surface area contributed by atoms with E-state index in [2.05, 4.69) is 15.3 Å². The van der Waals surface area contributed by atoms with Gasteiger partial charge in [-0.1, -0.05) is 47.7 Å². The van der Waals surface area contributed by atoms with Crippen LogP contribution in [0, 0.1) is 5.82 Å². The molecule has 1 aliphatic rings. The van der Waals surface area contributed by atoms with Crippen LogP contribution >= 0.6 is 11.3 Å². The Labute approximate surface area is 209 Å². The number of anilines is 1. The van der Waals surface area contributed by atoms with E-state index in [0.717, 1.165) is 27.1 Å². The predicted octanol–water partition coefficient (Wildman–Crippen LogP) is 4.60. The van der Waals surface area contributed by atoms with E-state index in [0.29, 0.717) is 22.6 Å². The number of fused-ring (bicyclic) bond motifs is 2. The number of aromatic nitrogens is 3. The van der Waals surface area contributed by atoms with E-state index in [4.69, 9.17) is 4.98 Å². The molecule has 3 heterocycles. The molecule has 0 bridgehead atoms. The van der Waals surface area contributed by atoms with Gasteiger partial charge in [0.15, 0.2) is 5.13 Å². The maximum absolute atomic E-state index is 13.7. The van der Waals surface area contributed by atoms with Crippen LogP contribution in [0.5, 0.6) is 0 Å². The van der Waals surface area contributed by atoms with E-state index < -0.39 is 21.2 Å². The molecular weight excluding hydrogens is 501 g/mol. The number of nitrogens with one attached hydrogen (secondary N) is 3. The molecule has 0 aliphatic carbocycles. The first-order valence-electron chi connectivity index (χ1n) is 11.2. The summed E-state index contributed by atoms with van der Waals surface area (Å²) in [7, 11) is -3.70. The van der Waals surface area contributed by atoms with Crippen molar-refractivity contribution in [3.8, 4) is 0 Å². The molecule has 5 aromatic rings. The Bertz CT molecular complexity index is 1680. The van der Waals surface area contributed by atoms with E-state index >= 15 is 0 Å². The summed E-state index contributed by atoms with van der Waals surface area (Å²) in [4.78, 5) is 24.3. The average Bonchev–Trinajstić information content (AvgIpc) is 3.52. The van der Waals surface area contributed by atoms with Crippen LogP contribution in [0.1, 0.15) is 34.7 Å². The minimum Gasteiger partial charge on any atom is -0.351 e. The van der Waals surface area contributed by atoms with E-state index in [1.807, 2.05) is 41.1 Å². The summed E-state index contributed by atoms with van der Waals surface area (Å²) < 4.78 is 41.0. The number of imidazole rings is 1. The van der Waals surface area contributed by atoms with Crippen LogP contribution in [-0.2, 0) is 21.2 Å². The number of carbonyl (C=O) groups excluding carboxylic acids is 1. The quantitative estimate of drug-likeness (QED) is 0.301. The van der Waals surface area contributed by atoms with Crippen molar-refractivity contribution >= 4 is 53.6 Å². The van der Waals surface area contributed by atoms with Gasteiger partial charge in [-0.3, -0.25) is 9.52 Å². The Hall–Kier alpha value is -3.83. The lowest BCUT2D eigenvalue weighted by atomic mass is 10.0. The number of H-pyrrole nitrogens is 1.